The topological polar surface area (TPSA) is 50.4 Å². The third-order valence-corrected chi connectivity index (χ3v) is 3.60. The van der Waals surface area contributed by atoms with Gasteiger partial charge in [0.2, 0.25) is 5.91 Å². The predicted octanol–water partition coefficient (Wildman–Crippen LogP) is 2.23. The van der Waals surface area contributed by atoms with Crippen LogP contribution in [0.1, 0.15) is 58.8 Å². The maximum atomic E-state index is 12.0. The van der Waals surface area contributed by atoms with Crippen molar-refractivity contribution in [2.45, 2.75) is 71.0 Å². The Morgan fingerprint density at radius 1 is 1.16 bits per heavy atom. The van der Waals surface area contributed by atoms with E-state index in [4.69, 9.17) is 4.74 Å². The van der Waals surface area contributed by atoms with Crippen LogP contribution < -0.4 is 10.6 Å². The van der Waals surface area contributed by atoms with Crippen LogP contribution in [0, 0.1) is 0 Å². The summed E-state index contributed by atoms with van der Waals surface area (Å²) in [6.45, 7) is 6.67. The second-order valence-corrected chi connectivity index (χ2v) is 5.33. The van der Waals surface area contributed by atoms with Gasteiger partial charge in [-0.3, -0.25) is 4.79 Å². The van der Waals surface area contributed by atoms with Crippen molar-refractivity contribution in [3.05, 3.63) is 0 Å². The van der Waals surface area contributed by atoms with E-state index in [-0.39, 0.29) is 12.0 Å². The number of rotatable bonds is 9. The molecule has 1 rings (SSSR count). The highest BCUT2D eigenvalue weighted by atomic mass is 16.5. The van der Waals surface area contributed by atoms with E-state index in [1.54, 1.807) is 0 Å². The molecule has 19 heavy (non-hydrogen) atoms. The van der Waals surface area contributed by atoms with E-state index in [0.717, 1.165) is 38.8 Å². The van der Waals surface area contributed by atoms with Crippen LogP contribution in [0.25, 0.3) is 0 Å². The molecule has 4 heteroatoms. The molecular formula is C15H30N2O2. The number of hydrogen-bond acceptors (Lipinski definition) is 3. The molecule has 1 aliphatic rings. The third kappa shape index (κ3) is 6.92. The molecule has 4 nitrogen and oxygen atoms in total. The molecule has 1 aliphatic carbocycles. The second kappa shape index (κ2) is 10.2. The molecule has 0 radical (unpaired) electrons. The van der Waals surface area contributed by atoms with Gasteiger partial charge in [-0.2, -0.15) is 0 Å². The van der Waals surface area contributed by atoms with Crippen LogP contribution in [0.15, 0.2) is 0 Å². The van der Waals surface area contributed by atoms with Crippen LogP contribution in [-0.4, -0.2) is 37.7 Å². The highest BCUT2D eigenvalue weighted by Crippen LogP contribution is 2.22. The summed E-state index contributed by atoms with van der Waals surface area (Å²) in [5.74, 6) is 0.0476. The van der Waals surface area contributed by atoms with E-state index >= 15 is 0 Å². The highest BCUT2D eigenvalue weighted by Gasteiger charge is 2.22. The first-order valence-corrected chi connectivity index (χ1v) is 7.91. The molecule has 1 unspecified atom stereocenters. The Bertz CT molecular complexity index is 240. The van der Waals surface area contributed by atoms with Gasteiger partial charge in [-0.1, -0.05) is 33.1 Å². The van der Waals surface area contributed by atoms with Crippen molar-refractivity contribution < 1.29 is 9.53 Å². The summed E-state index contributed by atoms with van der Waals surface area (Å²) in [5.41, 5.74) is 0. The van der Waals surface area contributed by atoms with Crippen LogP contribution in [0.3, 0.4) is 0 Å². The van der Waals surface area contributed by atoms with Crippen molar-refractivity contribution in [1.82, 2.24) is 10.6 Å². The van der Waals surface area contributed by atoms with E-state index in [1.807, 2.05) is 6.92 Å². The van der Waals surface area contributed by atoms with Crippen molar-refractivity contribution in [2.75, 3.05) is 19.6 Å². The van der Waals surface area contributed by atoms with E-state index in [2.05, 4.69) is 17.6 Å². The van der Waals surface area contributed by atoms with Gasteiger partial charge in [0.1, 0.15) is 6.10 Å². The summed E-state index contributed by atoms with van der Waals surface area (Å²) < 4.78 is 5.95. The predicted molar refractivity (Wildman–Crippen MR) is 78.2 cm³/mol. The van der Waals surface area contributed by atoms with E-state index in [1.165, 1.54) is 19.3 Å². The maximum absolute atomic E-state index is 12.0. The molecule has 1 amide bonds. The molecule has 0 aromatic heterocycles. The summed E-state index contributed by atoms with van der Waals surface area (Å²) >= 11 is 0. The average Bonchev–Trinajstić information content (AvgIpc) is 2.45. The van der Waals surface area contributed by atoms with E-state index in [0.29, 0.717) is 12.6 Å². The Kier molecular flexibility index (Phi) is 8.84. The standard InChI is InChI=1S/C15H30N2O2/c1-3-10-16-11-12-17-15(18)14(4-2)19-13-8-6-5-7-9-13/h13-14,16H,3-12H2,1-2H3,(H,17,18). The minimum absolute atomic E-state index is 0.0476. The lowest BCUT2D eigenvalue weighted by atomic mass is 9.97. The van der Waals surface area contributed by atoms with Crippen LogP contribution in [0.4, 0.5) is 0 Å². The molecule has 1 fully saturated rings. The van der Waals surface area contributed by atoms with Gasteiger partial charge in [-0.15, -0.1) is 0 Å². The molecule has 0 heterocycles. The summed E-state index contributed by atoms with van der Waals surface area (Å²) in [6, 6.07) is 0. The quantitative estimate of drug-likeness (QED) is 0.632. The van der Waals surface area contributed by atoms with Gasteiger partial charge >= 0.3 is 0 Å². The van der Waals surface area contributed by atoms with E-state index in [9.17, 15) is 4.79 Å². The number of hydrogen-bond donors (Lipinski definition) is 2. The first kappa shape index (κ1) is 16.4. The van der Waals surface area contributed by atoms with Crippen molar-refractivity contribution in [3.63, 3.8) is 0 Å². The lowest BCUT2D eigenvalue weighted by Gasteiger charge is -2.26. The normalized spacial score (nSPS) is 18.2. The zero-order chi connectivity index (χ0) is 13.9. The molecule has 0 aliphatic heterocycles. The zero-order valence-electron chi connectivity index (χ0n) is 12.5. The Labute approximate surface area is 117 Å². The highest BCUT2D eigenvalue weighted by molar-refractivity contribution is 5.80. The van der Waals surface area contributed by atoms with Gasteiger partial charge in [0.15, 0.2) is 0 Å². The molecular weight excluding hydrogens is 240 g/mol. The van der Waals surface area contributed by atoms with Crippen molar-refractivity contribution >= 4 is 5.91 Å². The van der Waals surface area contributed by atoms with Crippen molar-refractivity contribution in [3.8, 4) is 0 Å². The SMILES string of the molecule is CCCNCCNC(=O)C(CC)OC1CCCCC1. The molecule has 0 spiro atoms. The molecule has 2 N–H and O–H groups in total. The summed E-state index contributed by atoms with van der Waals surface area (Å²) in [5, 5.41) is 6.23. The van der Waals surface area contributed by atoms with Gasteiger partial charge in [-0.05, 0) is 32.2 Å². The summed E-state index contributed by atoms with van der Waals surface area (Å²) in [4.78, 5) is 12.0. The monoisotopic (exact) mass is 270 g/mol. The van der Waals surface area contributed by atoms with Gasteiger partial charge in [0, 0.05) is 13.1 Å². The summed E-state index contributed by atoms with van der Waals surface area (Å²) in [7, 11) is 0. The Hall–Kier alpha value is -0.610. The lowest BCUT2D eigenvalue weighted by molar-refractivity contribution is -0.138. The molecule has 1 saturated carbocycles. The van der Waals surface area contributed by atoms with Crippen LogP contribution in [-0.2, 0) is 9.53 Å². The number of amides is 1. The minimum atomic E-state index is -0.269. The molecule has 112 valence electrons. The fraction of sp³-hybridized carbons (Fsp3) is 0.933. The first-order chi connectivity index (χ1) is 9.27. The molecule has 1 atom stereocenters. The van der Waals surface area contributed by atoms with Crippen molar-refractivity contribution in [1.29, 1.82) is 0 Å². The number of nitrogens with one attached hydrogen (secondary N) is 2. The van der Waals surface area contributed by atoms with Gasteiger partial charge in [-0.25, -0.2) is 0 Å². The number of carbonyl (C=O) groups excluding carboxylic acids is 1. The van der Waals surface area contributed by atoms with Crippen LogP contribution in [0.5, 0.6) is 0 Å². The number of ether oxygens (including phenoxy) is 1. The summed E-state index contributed by atoms with van der Waals surface area (Å²) in [6.07, 6.45) is 7.92. The zero-order valence-corrected chi connectivity index (χ0v) is 12.5. The molecule has 0 aromatic rings. The van der Waals surface area contributed by atoms with Gasteiger partial charge in [0.05, 0.1) is 6.10 Å². The Morgan fingerprint density at radius 3 is 2.53 bits per heavy atom. The number of carbonyl (C=O) groups is 1. The minimum Gasteiger partial charge on any atom is -0.365 e. The second-order valence-electron chi connectivity index (χ2n) is 5.33. The first-order valence-electron chi connectivity index (χ1n) is 7.91. The molecule has 0 bridgehead atoms. The average molecular weight is 270 g/mol. The van der Waals surface area contributed by atoms with Crippen LogP contribution in [0.2, 0.25) is 0 Å². The smallest absolute Gasteiger partial charge is 0.249 e. The maximum Gasteiger partial charge on any atom is 0.249 e. The van der Waals surface area contributed by atoms with Gasteiger partial charge in [0.25, 0.3) is 0 Å². The third-order valence-electron chi connectivity index (χ3n) is 3.60. The van der Waals surface area contributed by atoms with Crippen molar-refractivity contribution in [2.24, 2.45) is 0 Å². The van der Waals surface area contributed by atoms with E-state index < -0.39 is 0 Å². The molecule has 0 saturated heterocycles. The van der Waals surface area contributed by atoms with Crippen LogP contribution >= 0.6 is 0 Å². The van der Waals surface area contributed by atoms with Gasteiger partial charge < -0.3 is 15.4 Å². The Morgan fingerprint density at radius 2 is 1.89 bits per heavy atom. The fourth-order valence-corrected chi connectivity index (χ4v) is 2.47. The molecule has 0 aromatic carbocycles. The Balaban J connectivity index is 2.18. The fourth-order valence-electron chi connectivity index (χ4n) is 2.47. The largest absolute Gasteiger partial charge is 0.365 e. The lowest BCUT2D eigenvalue weighted by Crippen LogP contribution is -2.41.